The number of hydrogen-bond donors (Lipinski definition) is 1. The topological polar surface area (TPSA) is 93.8 Å². The molecule has 0 saturated heterocycles. The highest BCUT2D eigenvalue weighted by Gasteiger charge is 2.15. The van der Waals surface area contributed by atoms with Gasteiger partial charge < -0.3 is 4.74 Å². The van der Waals surface area contributed by atoms with Crippen molar-refractivity contribution in [2.45, 2.75) is 32.8 Å². The van der Waals surface area contributed by atoms with Gasteiger partial charge in [0.1, 0.15) is 5.75 Å². The molecule has 0 bridgehead atoms. The number of rotatable bonds is 8. The van der Waals surface area contributed by atoms with E-state index in [1.165, 1.54) is 18.3 Å². The molecular weight excluding hydrogens is 370 g/mol. The largest absolute Gasteiger partial charge is 0.489 e. The van der Waals surface area contributed by atoms with Gasteiger partial charge in [0.15, 0.2) is 0 Å². The summed E-state index contributed by atoms with van der Waals surface area (Å²) >= 11 is 6.19. The van der Waals surface area contributed by atoms with Crippen molar-refractivity contribution in [2.24, 2.45) is 5.10 Å². The Bertz CT molecular complexity index is 855. The van der Waals surface area contributed by atoms with Gasteiger partial charge in [0.25, 0.3) is 5.69 Å². The van der Waals surface area contributed by atoms with Gasteiger partial charge in [0, 0.05) is 11.6 Å². The maximum absolute atomic E-state index is 12.0. The molecule has 0 aliphatic heterocycles. The molecule has 2 rings (SSSR count). The van der Waals surface area contributed by atoms with E-state index >= 15 is 0 Å². The zero-order valence-corrected chi connectivity index (χ0v) is 15.8. The molecule has 1 atom stereocenters. The number of amides is 1. The van der Waals surface area contributed by atoms with E-state index in [1.54, 1.807) is 30.3 Å². The third-order valence-corrected chi connectivity index (χ3v) is 4.10. The van der Waals surface area contributed by atoms with Crippen molar-refractivity contribution in [3.05, 3.63) is 68.7 Å². The highest BCUT2D eigenvalue weighted by atomic mass is 35.5. The van der Waals surface area contributed by atoms with Gasteiger partial charge >= 0.3 is 0 Å². The standard InChI is InChI=1S/C19H20ClN3O4/c1-3-13(2)27-18-9-8-14(10-16(18)20)12-21-22-19(24)11-15-6-4-5-7-17(15)23(25)26/h4-10,12-13H,3,11H2,1-2H3,(H,22,24)/b21-12+/t13-/m0/s1. The van der Waals surface area contributed by atoms with Crippen LogP contribution in [0.4, 0.5) is 5.69 Å². The summed E-state index contributed by atoms with van der Waals surface area (Å²) in [5.74, 6) is 0.131. The number of para-hydroxylation sites is 1. The van der Waals surface area contributed by atoms with Gasteiger partial charge in [-0.3, -0.25) is 14.9 Å². The summed E-state index contributed by atoms with van der Waals surface area (Å²) in [6.45, 7) is 3.98. The lowest BCUT2D eigenvalue weighted by Crippen LogP contribution is -2.20. The lowest BCUT2D eigenvalue weighted by Gasteiger charge is -2.13. The van der Waals surface area contributed by atoms with Crippen molar-refractivity contribution in [1.29, 1.82) is 0 Å². The molecule has 0 radical (unpaired) electrons. The Labute approximate surface area is 162 Å². The van der Waals surface area contributed by atoms with Crippen molar-refractivity contribution in [3.63, 3.8) is 0 Å². The second-order valence-electron chi connectivity index (χ2n) is 5.88. The first-order valence-corrected chi connectivity index (χ1v) is 8.79. The minimum Gasteiger partial charge on any atom is -0.489 e. The molecule has 1 N–H and O–H groups in total. The summed E-state index contributed by atoms with van der Waals surface area (Å²) in [5.41, 5.74) is 3.26. The summed E-state index contributed by atoms with van der Waals surface area (Å²) in [5, 5.41) is 15.3. The van der Waals surface area contributed by atoms with E-state index in [-0.39, 0.29) is 18.2 Å². The number of carbonyl (C=O) groups is 1. The van der Waals surface area contributed by atoms with Crippen molar-refractivity contribution in [1.82, 2.24) is 5.43 Å². The normalized spacial score (nSPS) is 12.0. The number of benzene rings is 2. The van der Waals surface area contributed by atoms with Crippen LogP contribution in [0.3, 0.4) is 0 Å². The number of hydrogen-bond acceptors (Lipinski definition) is 5. The molecule has 27 heavy (non-hydrogen) atoms. The molecule has 0 aliphatic rings. The summed E-state index contributed by atoms with van der Waals surface area (Å²) < 4.78 is 5.69. The number of nitro groups is 1. The average molecular weight is 390 g/mol. The fraction of sp³-hybridized carbons (Fsp3) is 0.263. The van der Waals surface area contributed by atoms with E-state index in [2.05, 4.69) is 10.5 Å². The quantitative estimate of drug-likeness (QED) is 0.417. The number of nitrogens with one attached hydrogen (secondary N) is 1. The Morgan fingerprint density at radius 2 is 2.11 bits per heavy atom. The molecule has 2 aromatic rings. The smallest absolute Gasteiger partial charge is 0.273 e. The molecule has 0 saturated carbocycles. The second-order valence-corrected chi connectivity index (χ2v) is 6.29. The minimum absolute atomic E-state index is 0.0587. The van der Waals surface area contributed by atoms with E-state index in [0.717, 1.165) is 6.42 Å². The second kappa shape index (κ2) is 9.68. The molecule has 0 spiro atoms. The molecule has 0 unspecified atom stereocenters. The number of nitro benzene ring substituents is 1. The highest BCUT2D eigenvalue weighted by molar-refractivity contribution is 6.32. The van der Waals surface area contributed by atoms with Crippen LogP contribution in [0.2, 0.25) is 5.02 Å². The molecule has 142 valence electrons. The molecule has 7 nitrogen and oxygen atoms in total. The Hall–Kier alpha value is -2.93. The monoisotopic (exact) mass is 389 g/mol. The SMILES string of the molecule is CC[C@H](C)Oc1ccc(/C=N/NC(=O)Cc2ccccc2[N+](=O)[O-])cc1Cl. The van der Waals surface area contributed by atoms with Gasteiger partial charge in [-0.2, -0.15) is 5.10 Å². The van der Waals surface area contributed by atoms with Gasteiger partial charge in [-0.15, -0.1) is 0 Å². The van der Waals surface area contributed by atoms with Crippen LogP contribution in [0.1, 0.15) is 31.4 Å². The lowest BCUT2D eigenvalue weighted by molar-refractivity contribution is -0.385. The van der Waals surface area contributed by atoms with Crippen LogP contribution >= 0.6 is 11.6 Å². The zero-order valence-electron chi connectivity index (χ0n) is 15.0. The molecule has 2 aromatic carbocycles. The molecule has 1 amide bonds. The number of halogens is 1. The predicted molar refractivity (Wildman–Crippen MR) is 104 cm³/mol. The molecule has 8 heteroatoms. The average Bonchev–Trinajstić information content (AvgIpc) is 2.64. The van der Waals surface area contributed by atoms with Crippen LogP contribution in [-0.4, -0.2) is 23.1 Å². The molecule has 0 heterocycles. The van der Waals surface area contributed by atoms with Crippen molar-refractivity contribution >= 4 is 29.4 Å². The van der Waals surface area contributed by atoms with Crippen molar-refractivity contribution < 1.29 is 14.5 Å². The van der Waals surface area contributed by atoms with Gasteiger partial charge in [-0.05, 0) is 37.1 Å². The Morgan fingerprint density at radius 3 is 2.78 bits per heavy atom. The van der Waals surface area contributed by atoms with E-state index in [4.69, 9.17) is 16.3 Å². The third kappa shape index (κ3) is 6.07. The minimum atomic E-state index is -0.517. The van der Waals surface area contributed by atoms with Gasteiger partial charge in [-0.1, -0.05) is 36.7 Å². The van der Waals surface area contributed by atoms with Gasteiger partial charge in [-0.25, -0.2) is 5.43 Å². The Balaban J connectivity index is 1.96. The van der Waals surface area contributed by atoms with Gasteiger partial charge in [0.2, 0.25) is 5.91 Å². The van der Waals surface area contributed by atoms with E-state index < -0.39 is 10.8 Å². The lowest BCUT2D eigenvalue weighted by atomic mass is 10.1. The number of nitrogens with zero attached hydrogens (tertiary/aromatic N) is 2. The van der Waals surface area contributed by atoms with E-state index in [0.29, 0.717) is 21.9 Å². The Kier molecular flexibility index (Phi) is 7.31. The molecular formula is C19H20ClN3O4. The molecule has 0 aromatic heterocycles. The first-order valence-electron chi connectivity index (χ1n) is 8.41. The van der Waals surface area contributed by atoms with Crippen molar-refractivity contribution in [3.8, 4) is 5.75 Å². The highest BCUT2D eigenvalue weighted by Crippen LogP contribution is 2.26. The van der Waals surface area contributed by atoms with E-state index in [1.807, 2.05) is 13.8 Å². The van der Waals surface area contributed by atoms with Gasteiger partial charge in [0.05, 0.1) is 28.7 Å². The fourth-order valence-corrected chi connectivity index (χ4v) is 2.46. The van der Waals surface area contributed by atoms with Crippen LogP contribution in [0.15, 0.2) is 47.6 Å². The number of ether oxygens (including phenoxy) is 1. The summed E-state index contributed by atoms with van der Waals surface area (Å²) in [7, 11) is 0. The van der Waals surface area contributed by atoms with Crippen LogP contribution in [0, 0.1) is 10.1 Å². The maximum atomic E-state index is 12.0. The molecule has 0 aliphatic carbocycles. The van der Waals surface area contributed by atoms with Crippen LogP contribution in [0.5, 0.6) is 5.75 Å². The zero-order chi connectivity index (χ0) is 19.8. The fourth-order valence-electron chi connectivity index (χ4n) is 2.22. The Morgan fingerprint density at radius 1 is 1.37 bits per heavy atom. The maximum Gasteiger partial charge on any atom is 0.273 e. The first-order chi connectivity index (χ1) is 12.9. The predicted octanol–water partition coefficient (Wildman–Crippen LogP) is 4.12. The number of carbonyl (C=O) groups excluding carboxylic acids is 1. The summed E-state index contributed by atoms with van der Waals surface area (Å²) in [6.07, 6.45) is 2.22. The molecule has 0 fully saturated rings. The number of hydrazone groups is 1. The van der Waals surface area contributed by atoms with Crippen LogP contribution < -0.4 is 10.2 Å². The summed E-state index contributed by atoms with van der Waals surface area (Å²) in [6, 6.07) is 11.3. The van der Waals surface area contributed by atoms with Crippen LogP contribution in [0.25, 0.3) is 0 Å². The van der Waals surface area contributed by atoms with Crippen LogP contribution in [-0.2, 0) is 11.2 Å². The van der Waals surface area contributed by atoms with E-state index in [9.17, 15) is 14.9 Å². The van der Waals surface area contributed by atoms with Crippen molar-refractivity contribution in [2.75, 3.05) is 0 Å². The first kappa shape index (κ1) is 20.4. The summed E-state index contributed by atoms with van der Waals surface area (Å²) in [4.78, 5) is 22.4. The third-order valence-electron chi connectivity index (χ3n) is 3.80.